The Balaban J connectivity index is 2.82. The Morgan fingerprint density at radius 1 is 0.806 bits per heavy atom. The number of carboxylic acids is 2. The molecule has 0 aliphatic carbocycles. The number of rotatable bonds is 12. The molecule has 1 fully saturated rings. The van der Waals surface area contributed by atoms with Crippen molar-refractivity contribution in [3.05, 3.63) is 0 Å². The summed E-state index contributed by atoms with van der Waals surface area (Å²) in [5.41, 5.74) is 2.36. The van der Waals surface area contributed by atoms with Crippen molar-refractivity contribution in [2.75, 3.05) is 78.7 Å². The molecular formula is C19H37N5O7. The molecule has 0 spiro atoms. The Bertz CT molecular complexity index is 520. The second kappa shape index (κ2) is 16.0. The second-order valence-corrected chi connectivity index (χ2v) is 7.69. The number of aliphatic carboxylic acids is 2. The lowest BCUT2D eigenvalue weighted by molar-refractivity contribution is -0.297. The molecule has 4 N–H and O–H groups in total. The first-order valence-corrected chi connectivity index (χ1v) is 10.7. The van der Waals surface area contributed by atoms with Crippen molar-refractivity contribution in [3.63, 3.8) is 0 Å². The minimum absolute atomic E-state index is 0.0783. The van der Waals surface area contributed by atoms with E-state index in [1.807, 2.05) is 21.6 Å². The van der Waals surface area contributed by atoms with Crippen molar-refractivity contribution in [1.82, 2.24) is 25.1 Å². The number of carbonyl (C=O) groups excluding carboxylic acids is 1. The first-order chi connectivity index (χ1) is 14.8. The van der Waals surface area contributed by atoms with Crippen LogP contribution in [-0.4, -0.2) is 131 Å². The number of nitrogens with one attached hydrogen (secondary N) is 1. The summed E-state index contributed by atoms with van der Waals surface area (Å²) >= 11 is 0. The third-order valence-corrected chi connectivity index (χ3v) is 5.32. The lowest BCUT2D eigenvalue weighted by Gasteiger charge is -2.33. The van der Waals surface area contributed by atoms with Crippen molar-refractivity contribution in [1.29, 1.82) is 0 Å². The van der Waals surface area contributed by atoms with Crippen LogP contribution in [0.25, 0.3) is 0 Å². The van der Waals surface area contributed by atoms with Crippen LogP contribution in [0, 0.1) is 0 Å². The third kappa shape index (κ3) is 13.4. The summed E-state index contributed by atoms with van der Waals surface area (Å²) in [4.78, 5) is 45.9. The summed E-state index contributed by atoms with van der Waals surface area (Å²) in [6, 6.07) is 0. The molecule has 1 aliphatic rings. The Morgan fingerprint density at radius 3 is 1.68 bits per heavy atom. The second-order valence-electron chi connectivity index (χ2n) is 7.69. The molecule has 180 valence electrons. The monoisotopic (exact) mass is 447 g/mol. The SMILES string of the molecule is CCC(=O)CCCN1CCN(CC(=O)O)CCN(CNOO)CCN(CC(=O)O)CC1. The molecule has 0 radical (unpaired) electrons. The van der Waals surface area contributed by atoms with Gasteiger partial charge in [0.05, 0.1) is 19.8 Å². The average molecular weight is 448 g/mol. The van der Waals surface area contributed by atoms with Crippen LogP contribution < -0.4 is 5.48 Å². The van der Waals surface area contributed by atoms with Gasteiger partial charge in [-0.1, -0.05) is 6.92 Å². The predicted octanol–water partition coefficient (Wildman–Crippen LogP) is -0.912. The quantitative estimate of drug-likeness (QED) is 0.217. The van der Waals surface area contributed by atoms with Gasteiger partial charge in [0.1, 0.15) is 5.78 Å². The lowest BCUT2D eigenvalue weighted by atomic mass is 10.2. The Morgan fingerprint density at radius 2 is 1.26 bits per heavy atom. The van der Waals surface area contributed by atoms with Gasteiger partial charge < -0.3 is 15.1 Å². The summed E-state index contributed by atoms with van der Waals surface area (Å²) in [5, 5.41) is 27.0. The molecule has 0 unspecified atom stereocenters. The molecule has 0 aromatic rings. The van der Waals surface area contributed by atoms with Gasteiger partial charge in [0.15, 0.2) is 0 Å². The minimum Gasteiger partial charge on any atom is -0.480 e. The van der Waals surface area contributed by atoms with Gasteiger partial charge in [0.25, 0.3) is 0 Å². The minimum atomic E-state index is -0.900. The largest absolute Gasteiger partial charge is 0.480 e. The molecule has 0 atom stereocenters. The fourth-order valence-corrected chi connectivity index (χ4v) is 3.46. The molecule has 0 aromatic carbocycles. The van der Waals surface area contributed by atoms with E-state index in [-0.39, 0.29) is 25.5 Å². The van der Waals surface area contributed by atoms with Gasteiger partial charge in [0, 0.05) is 65.2 Å². The molecule has 0 amide bonds. The first-order valence-electron chi connectivity index (χ1n) is 10.7. The number of hydrogen-bond donors (Lipinski definition) is 4. The Kier molecular flexibility index (Phi) is 14.2. The highest BCUT2D eigenvalue weighted by atomic mass is 17.2. The van der Waals surface area contributed by atoms with Crippen LogP contribution in [0.1, 0.15) is 26.2 Å². The zero-order valence-electron chi connectivity index (χ0n) is 18.4. The number of hydroxylamine groups is 1. The number of carbonyl (C=O) groups is 3. The lowest BCUT2D eigenvalue weighted by Crippen LogP contribution is -2.49. The molecule has 12 heteroatoms. The maximum atomic E-state index is 11.6. The van der Waals surface area contributed by atoms with Gasteiger partial charge in [-0.05, 0) is 13.0 Å². The van der Waals surface area contributed by atoms with E-state index in [0.29, 0.717) is 71.7 Å². The van der Waals surface area contributed by atoms with E-state index in [9.17, 15) is 24.6 Å². The maximum absolute atomic E-state index is 11.6. The predicted molar refractivity (Wildman–Crippen MR) is 112 cm³/mol. The number of carboxylic acid groups (broad SMARTS) is 2. The van der Waals surface area contributed by atoms with Gasteiger partial charge in [-0.25, -0.2) is 5.26 Å². The number of Topliss-reactive ketones (excluding diaryl/α,β-unsaturated/α-hetero) is 1. The molecule has 1 aliphatic heterocycles. The van der Waals surface area contributed by atoms with Crippen molar-refractivity contribution >= 4 is 17.7 Å². The van der Waals surface area contributed by atoms with Crippen LogP contribution in [-0.2, 0) is 19.4 Å². The molecule has 0 bridgehead atoms. The van der Waals surface area contributed by atoms with Crippen molar-refractivity contribution in [3.8, 4) is 0 Å². The van der Waals surface area contributed by atoms with E-state index in [1.165, 1.54) is 0 Å². The van der Waals surface area contributed by atoms with Crippen LogP contribution >= 0.6 is 0 Å². The summed E-state index contributed by atoms with van der Waals surface area (Å²) in [5.74, 6) is -1.58. The molecule has 1 heterocycles. The number of hydrogen-bond acceptors (Lipinski definition) is 10. The van der Waals surface area contributed by atoms with E-state index in [0.717, 1.165) is 6.42 Å². The van der Waals surface area contributed by atoms with Crippen LogP contribution in [0.4, 0.5) is 0 Å². The van der Waals surface area contributed by atoms with Crippen LogP contribution in [0.3, 0.4) is 0 Å². The summed E-state index contributed by atoms with van der Waals surface area (Å²) in [6.45, 7) is 7.02. The molecule has 1 rings (SSSR count). The van der Waals surface area contributed by atoms with Crippen LogP contribution in [0.2, 0.25) is 0 Å². The van der Waals surface area contributed by atoms with E-state index in [1.54, 1.807) is 0 Å². The molecule has 12 nitrogen and oxygen atoms in total. The number of nitrogens with zero attached hydrogens (tertiary/aromatic N) is 4. The molecule has 1 saturated heterocycles. The van der Waals surface area contributed by atoms with Gasteiger partial charge in [-0.15, -0.1) is 4.99 Å². The van der Waals surface area contributed by atoms with Crippen molar-refractivity contribution in [2.24, 2.45) is 0 Å². The molecular weight excluding hydrogens is 410 g/mol. The van der Waals surface area contributed by atoms with E-state index in [2.05, 4.69) is 15.4 Å². The molecule has 0 aromatic heterocycles. The van der Waals surface area contributed by atoms with E-state index < -0.39 is 11.9 Å². The maximum Gasteiger partial charge on any atom is 0.317 e. The summed E-state index contributed by atoms with van der Waals surface area (Å²) in [7, 11) is 0. The molecule has 31 heavy (non-hydrogen) atoms. The number of ketones is 1. The van der Waals surface area contributed by atoms with Crippen LogP contribution in [0.5, 0.6) is 0 Å². The van der Waals surface area contributed by atoms with Crippen LogP contribution in [0.15, 0.2) is 0 Å². The summed E-state index contributed by atoms with van der Waals surface area (Å²) < 4.78 is 0. The average Bonchev–Trinajstić information content (AvgIpc) is 2.71. The van der Waals surface area contributed by atoms with Gasteiger partial charge >= 0.3 is 11.9 Å². The van der Waals surface area contributed by atoms with E-state index >= 15 is 0 Å². The van der Waals surface area contributed by atoms with Gasteiger partial charge in [-0.2, -0.15) is 5.48 Å². The zero-order chi connectivity index (χ0) is 23.1. The molecule has 0 saturated carbocycles. The fourth-order valence-electron chi connectivity index (χ4n) is 3.46. The Hall–Kier alpha value is -1.67. The smallest absolute Gasteiger partial charge is 0.317 e. The van der Waals surface area contributed by atoms with Crippen molar-refractivity contribution in [2.45, 2.75) is 26.2 Å². The Labute approximate surface area is 183 Å². The highest BCUT2D eigenvalue weighted by Gasteiger charge is 2.19. The highest BCUT2D eigenvalue weighted by Crippen LogP contribution is 2.03. The third-order valence-electron chi connectivity index (χ3n) is 5.32. The standard InChI is InChI=1S/C19H37N5O7/c1-2-17(25)4-3-5-21-6-8-22(14-18(26)27)10-12-24(16-20-31-30)13-11-23(9-7-21)15-19(28)29/h20,30H,2-16H2,1H3,(H,26,27)(H,28,29). The zero-order valence-corrected chi connectivity index (χ0v) is 18.4. The highest BCUT2D eigenvalue weighted by molar-refractivity contribution is 5.77. The topological polar surface area (TPSA) is 146 Å². The van der Waals surface area contributed by atoms with Crippen molar-refractivity contribution < 1.29 is 34.8 Å². The van der Waals surface area contributed by atoms with Gasteiger partial charge in [-0.3, -0.25) is 29.1 Å². The van der Waals surface area contributed by atoms with Gasteiger partial charge in [0.2, 0.25) is 0 Å². The normalized spacial score (nSPS) is 18.9. The summed E-state index contributed by atoms with van der Waals surface area (Å²) in [6.07, 6.45) is 1.76. The first kappa shape index (κ1) is 27.4. The van der Waals surface area contributed by atoms with E-state index in [4.69, 9.17) is 5.26 Å². The fraction of sp³-hybridized carbons (Fsp3) is 0.842.